The van der Waals surface area contributed by atoms with E-state index >= 15 is 0 Å². The molecule has 1 heterocycles. The molecule has 17 atom stereocenters. The van der Waals surface area contributed by atoms with E-state index in [0.29, 0.717) is 44.9 Å². The number of carbonyl (C=O) groups is 2. The molecule has 4 saturated carbocycles. The predicted molar refractivity (Wildman–Crippen MR) is 170 cm³/mol. The van der Waals surface area contributed by atoms with E-state index in [-0.39, 0.29) is 24.2 Å². The van der Waals surface area contributed by atoms with Crippen LogP contribution in [0.25, 0.3) is 0 Å². The zero-order valence-corrected chi connectivity index (χ0v) is 29.0. The van der Waals surface area contributed by atoms with Crippen LogP contribution in [0.3, 0.4) is 0 Å². The first-order chi connectivity index (χ1) is 22.2. The second kappa shape index (κ2) is 11.4. The van der Waals surface area contributed by atoms with Crippen LogP contribution in [0.2, 0.25) is 0 Å². The van der Waals surface area contributed by atoms with Crippen LogP contribution in [-0.4, -0.2) is 108 Å². The van der Waals surface area contributed by atoms with Gasteiger partial charge in [0.1, 0.15) is 24.4 Å². The summed E-state index contributed by atoms with van der Waals surface area (Å²) in [7, 11) is 0. The highest BCUT2D eigenvalue weighted by Gasteiger charge is 2.73. The van der Waals surface area contributed by atoms with E-state index in [1.165, 1.54) is 0 Å². The number of allylic oxidation sites excluding steroid dienone is 1. The molecule has 0 spiro atoms. The zero-order valence-electron chi connectivity index (χ0n) is 29.0. The highest BCUT2D eigenvalue weighted by molar-refractivity contribution is 5.79. The summed E-state index contributed by atoms with van der Waals surface area (Å²) in [6.45, 7) is 11.2. The van der Waals surface area contributed by atoms with E-state index < -0.39 is 100 Å². The third-order valence-corrected chi connectivity index (χ3v) is 15.6. The molecule has 0 aromatic rings. The normalized spacial score (nSPS) is 56.4. The SMILES string of the molecule is C[C@@H]1CC[C@@]2(C(=O)O[C@H]3O[C@@H](CO)[C@H](O)[C@@H](O)[C@@H]3O)CC[C@@]3(C)C(=CC[C@@H]4[C@]5(C)C[C@H](O)[C@@H](O)[C@@](C)(C(=O)O)[C@@H]5CC[C@@]43C)[C@@H]2[C@]1(C)O. The summed E-state index contributed by atoms with van der Waals surface area (Å²) in [6, 6.07) is 0. The van der Waals surface area contributed by atoms with E-state index in [4.69, 9.17) is 9.47 Å². The molecular formula is C36H56O12. The molecule has 0 radical (unpaired) electrons. The van der Waals surface area contributed by atoms with E-state index in [2.05, 4.69) is 26.8 Å². The number of ether oxygens (including phenoxy) is 2. The number of aliphatic hydroxyl groups is 7. The van der Waals surface area contributed by atoms with Crippen molar-refractivity contribution in [3.63, 3.8) is 0 Å². The lowest BCUT2D eigenvalue weighted by Gasteiger charge is -2.71. The van der Waals surface area contributed by atoms with Crippen molar-refractivity contribution in [2.45, 2.75) is 141 Å². The van der Waals surface area contributed by atoms with Gasteiger partial charge in [0.2, 0.25) is 6.29 Å². The maximum Gasteiger partial charge on any atom is 0.315 e. The molecule has 12 heteroatoms. The fourth-order valence-corrected chi connectivity index (χ4v) is 12.3. The number of carboxylic acids is 1. The largest absolute Gasteiger partial charge is 0.481 e. The van der Waals surface area contributed by atoms with Crippen LogP contribution >= 0.6 is 0 Å². The average molecular weight is 681 g/mol. The summed E-state index contributed by atoms with van der Waals surface area (Å²) < 4.78 is 11.4. The molecule has 12 nitrogen and oxygen atoms in total. The second-order valence-corrected chi connectivity index (χ2v) is 17.5. The van der Waals surface area contributed by atoms with Crippen LogP contribution in [0.1, 0.15) is 92.9 Å². The third-order valence-electron chi connectivity index (χ3n) is 15.6. The van der Waals surface area contributed by atoms with Crippen LogP contribution in [0.15, 0.2) is 11.6 Å². The molecule has 48 heavy (non-hydrogen) atoms. The molecule has 0 aromatic heterocycles. The van der Waals surface area contributed by atoms with Gasteiger partial charge in [-0.3, -0.25) is 9.59 Å². The number of carboxylic acid groups (broad SMARTS) is 1. The van der Waals surface area contributed by atoms with Gasteiger partial charge in [-0.05, 0) is 99.2 Å². The monoisotopic (exact) mass is 680 g/mol. The van der Waals surface area contributed by atoms with Gasteiger partial charge in [0.15, 0.2) is 0 Å². The van der Waals surface area contributed by atoms with Gasteiger partial charge in [0, 0.05) is 5.92 Å². The molecule has 6 aliphatic rings. The molecule has 0 bridgehead atoms. The minimum Gasteiger partial charge on any atom is -0.481 e. The maximum absolute atomic E-state index is 14.5. The first-order valence-corrected chi connectivity index (χ1v) is 17.7. The molecule has 5 aliphatic carbocycles. The smallest absolute Gasteiger partial charge is 0.315 e. The summed E-state index contributed by atoms with van der Waals surface area (Å²) in [5.74, 6) is -3.01. The van der Waals surface area contributed by atoms with Crippen molar-refractivity contribution in [3.8, 4) is 0 Å². The van der Waals surface area contributed by atoms with Crippen LogP contribution < -0.4 is 0 Å². The number of hydrogen-bond donors (Lipinski definition) is 8. The summed E-state index contributed by atoms with van der Waals surface area (Å²) in [5.41, 5.74) is -4.57. The first kappa shape index (κ1) is 36.2. The first-order valence-electron chi connectivity index (χ1n) is 17.7. The van der Waals surface area contributed by atoms with Gasteiger partial charge < -0.3 is 50.3 Å². The number of aliphatic hydroxyl groups excluding tert-OH is 6. The van der Waals surface area contributed by atoms with Crippen molar-refractivity contribution in [1.82, 2.24) is 0 Å². The molecule has 0 unspecified atom stereocenters. The highest BCUT2D eigenvalue weighted by Crippen LogP contribution is 2.76. The van der Waals surface area contributed by atoms with Gasteiger partial charge in [0.25, 0.3) is 0 Å². The lowest BCUT2D eigenvalue weighted by atomic mass is 9.33. The van der Waals surface area contributed by atoms with Crippen molar-refractivity contribution in [2.24, 2.45) is 50.7 Å². The number of carbonyl (C=O) groups excluding carboxylic acids is 1. The van der Waals surface area contributed by atoms with Crippen LogP contribution in [0, 0.1) is 50.7 Å². The topological polar surface area (TPSA) is 214 Å². The zero-order chi connectivity index (χ0) is 35.6. The molecule has 1 saturated heterocycles. The quantitative estimate of drug-likeness (QED) is 0.157. The maximum atomic E-state index is 14.5. The Hall–Kier alpha value is -1.64. The van der Waals surface area contributed by atoms with Crippen molar-refractivity contribution in [3.05, 3.63) is 11.6 Å². The Kier molecular flexibility index (Phi) is 8.61. The van der Waals surface area contributed by atoms with Crippen molar-refractivity contribution in [2.75, 3.05) is 6.61 Å². The van der Waals surface area contributed by atoms with E-state index in [1.807, 2.05) is 6.92 Å². The van der Waals surface area contributed by atoms with Crippen molar-refractivity contribution < 1.29 is 59.9 Å². The van der Waals surface area contributed by atoms with Gasteiger partial charge in [-0.15, -0.1) is 0 Å². The fourth-order valence-electron chi connectivity index (χ4n) is 12.3. The number of aliphatic carboxylic acids is 1. The summed E-state index contributed by atoms with van der Waals surface area (Å²) in [5, 5.41) is 85.9. The molecule has 272 valence electrons. The standard InChI is InChI=1S/C36H56O12/c1-17-9-12-36(30(45)48-28-25(41)24(40)23(39)20(16-37)47-28)14-13-32(3)18(26(36)35(17,6)46)7-8-21-31(2)15-19(38)27(42)34(5,29(43)44)22(31)10-11-33(21,32)4/h7,17,19-28,37-42,46H,8-16H2,1-6H3,(H,43,44)/t17-,19+,20+,21-,22-,23+,24-,25+,26-,27-,28-,31+,32+,33+,34+,35-,36-/m1/s1. The molecule has 6 rings (SSSR count). The van der Waals surface area contributed by atoms with E-state index in [0.717, 1.165) is 5.57 Å². The van der Waals surface area contributed by atoms with Gasteiger partial charge in [-0.1, -0.05) is 39.3 Å². The van der Waals surface area contributed by atoms with E-state index in [1.54, 1.807) is 13.8 Å². The van der Waals surface area contributed by atoms with Crippen LogP contribution in [0.4, 0.5) is 0 Å². The highest BCUT2D eigenvalue weighted by atomic mass is 16.7. The Bertz CT molecular complexity index is 1350. The minimum atomic E-state index is -1.75. The van der Waals surface area contributed by atoms with Gasteiger partial charge in [-0.25, -0.2) is 0 Å². The summed E-state index contributed by atoms with van der Waals surface area (Å²) in [6.07, 6.45) is -4.43. The molecule has 5 fully saturated rings. The van der Waals surface area contributed by atoms with Gasteiger partial charge in [-0.2, -0.15) is 0 Å². The van der Waals surface area contributed by atoms with Crippen molar-refractivity contribution in [1.29, 1.82) is 0 Å². The Balaban J connectivity index is 1.41. The molecule has 0 amide bonds. The summed E-state index contributed by atoms with van der Waals surface area (Å²) >= 11 is 0. The third kappa shape index (κ3) is 4.49. The Morgan fingerprint density at radius 3 is 2.21 bits per heavy atom. The average Bonchev–Trinajstić information content (AvgIpc) is 3.02. The second-order valence-electron chi connectivity index (χ2n) is 17.5. The molecular weight excluding hydrogens is 624 g/mol. The number of esters is 1. The Labute approximate surface area is 282 Å². The van der Waals surface area contributed by atoms with E-state index in [9.17, 15) is 50.4 Å². The summed E-state index contributed by atoms with van der Waals surface area (Å²) in [4.78, 5) is 27.2. The van der Waals surface area contributed by atoms with Gasteiger partial charge in [0.05, 0.1) is 35.2 Å². The Morgan fingerprint density at radius 1 is 0.917 bits per heavy atom. The number of hydrogen-bond acceptors (Lipinski definition) is 11. The molecule has 0 aromatic carbocycles. The number of fused-ring (bicyclic) bond motifs is 7. The van der Waals surface area contributed by atoms with Crippen molar-refractivity contribution >= 4 is 11.9 Å². The lowest BCUT2D eigenvalue weighted by Crippen LogP contribution is -2.70. The van der Waals surface area contributed by atoms with Crippen LogP contribution in [0.5, 0.6) is 0 Å². The predicted octanol–water partition coefficient (Wildman–Crippen LogP) is 1.50. The molecule has 8 N–H and O–H groups in total. The molecule has 1 aliphatic heterocycles. The minimum absolute atomic E-state index is 0.0437. The Morgan fingerprint density at radius 2 is 1.58 bits per heavy atom. The fraction of sp³-hybridized carbons (Fsp3) is 0.889. The van der Waals surface area contributed by atoms with Gasteiger partial charge >= 0.3 is 11.9 Å². The lowest BCUT2D eigenvalue weighted by molar-refractivity contribution is -0.299. The van der Waals surface area contributed by atoms with Crippen LogP contribution in [-0.2, 0) is 19.1 Å². The number of rotatable bonds is 4.